The molecule has 3 aromatic rings. The molecule has 1 aliphatic rings. The summed E-state index contributed by atoms with van der Waals surface area (Å²) in [5, 5.41) is 0.225. The zero-order chi connectivity index (χ0) is 23.8. The van der Waals surface area contributed by atoms with Crippen molar-refractivity contribution in [2.24, 2.45) is 0 Å². The van der Waals surface area contributed by atoms with E-state index >= 15 is 0 Å². The van der Waals surface area contributed by atoms with E-state index in [1.54, 1.807) is 13.0 Å². The predicted octanol–water partition coefficient (Wildman–Crippen LogP) is 4.58. The van der Waals surface area contributed by atoms with Gasteiger partial charge in [-0.15, -0.1) is 0 Å². The van der Waals surface area contributed by atoms with E-state index in [1.165, 1.54) is 6.20 Å². The molecule has 176 valence electrons. The van der Waals surface area contributed by atoms with Gasteiger partial charge in [0.25, 0.3) is 0 Å². The van der Waals surface area contributed by atoms with Gasteiger partial charge in [-0.25, -0.2) is 0 Å². The molecule has 0 aliphatic carbocycles. The summed E-state index contributed by atoms with van der Waals surface area (Å²) in [6.07, 6.45) is 1.22. The van der Waals surface area contributed by atoms with Crippen LogP contribution in [-0.4, -0.2) is 50.1 Å². The first-order valence-electron chi connectivity index (χ1n) is 10.4. The first-order chi connectivity index (χ1) is 15.6. The van der Waals surface area contributed by atoms with Gasteiger partial charge < -0.3 is 8.92 Å². The number of halogens is 3. The van der Waals surface area contributed by atoms with E-state index in [-0.39, 0.29) is 5.39 Å². The van der Waals surface area contributed by atoms with E-state index in [2.05, 4.69) is 14.1 Å². The molecule has 1 fully saturated rings. The minimum atomic E-state index is -5.81. The van der Waals surface area contributed by atoms with E-state index in [4.69, 9.17) is 4.74 Å². The van der Waals surface area contributed by atoms with Crippen molar-refractivity contribution in [3.8, 4) is 16.9 Å². The average Bonchev–Trinajstić information content (AvgIpc) is 2.74. The highest BCUT2D eigenvalue weighted by molar-refractivity contribution is 7.88. The number of benzene rings is 2. The molecule has 1 saturated heterocycles. The number of alkyl halides is 3. The zero-order valence-electron chi connectivity index (χ0n) is 18.1. The van der Waals surface area contributed by atoms with E-state index in [9.17, 15) is 21.6 Å². The van der Waals surface area contributed by atoms with Crippen LogP contribution in [0.4, 0.5) is 13.2 Å². The summed E-state index contributed by atoms with van der Waals surface area (Å²) in [4.78, 5) is 6.50. The standard InChI is InChI=1S/C23H23F3N2O4S/c1-15-13-19-22(20(7-8-27-19)32-33(29,30)23(24,25)26)16(2)21(15)18-5-3-17(4-6-18)14-28-9-11-31-12-10-28/h3-8,13H,9-12,14H2,1-2H3. The van der Waals surface area contributed by atoms with Gasteiger partial charge in [-0.1, -0.05) is 24.3 Å². The maximum Gasteiger partial charge on any atom is 0.534 e. The molecule has 0 spiro atoms. The van der Waals surface area contributed by atoms with Crippen molar-refractivity contribution in [1.29, 1.82) is 0 Å². The molecule has 4 rings (SSSR count). The highest BCUT2D eigenvalue weighted by Gasteiger charge is 2.48. The van der Waals surface area contributed by atoms with Crippen LogP contribution in [0.2, 0.25) is 0 Å². The summed E-state index contributed by atoms with van der Waals surface area (Å²) < 4.78 is 71.8. The van der Waals surface area contributed by atoms with Crippen LogP contribution in [-0.2, 0) is 21.4 Å². The molecule has 0 unspecified atom stereocenters. The number of aryl methyl sites for hydroxylation is 2. The molecule has 10 heteroatoms. The van der Waals surface area contributed by atoms with Crippen molar-refractivity contribution in [2.45, 2.75) is 25.9 Å². The molecule has 1 aliphatic heterocycles. The van der Waals surface area contributed by atoms with Crippen LogP contribution in [0.1, 0.15) is 16.7 Å². The lowest BCUT2D eigenvalue weighted by atomic mass is 9.92. The van der Waals surface area contributed by atoms with Gasteiger partial charge in [0.1, 0.15) is 0 Å². The number of aromatic nitrogens is 1. The molecular formula is C23H23F3N2O4S. The Morgan fingerprint density at radius 1 is 1.09 bits per heavy atom. The molecule has 0 bridgehead atoms. The molecule has 0 radical (unpaired) electrons. The third-order valence-corrected chi connectivity index (χ3v) is 6.64. The Morgan fingerprint density at radius 3 is 2.39 bits per heavy atom. The number of ether oxygens (including phenoxy) is 1. The number of rotatable bonds is 5. The van der Waals surface area contributed by atoms with Crippen LogP contribution < -0.4 is 4.18 Å². The number of morpholine rings is 1. The van der Waals surface area contributed by atoms with Crippen molar-refractivity contribution in [2.75, 3.05) is 26.3 Å². The summed E-state index contributed by atoms with van der Waals surface area (Å²) in [7, 11) is -5.81. The van der Waals surface area contributed by atoms with Crippen LogP contribution in [0.25, 0.3) is 22.0 Å². The third kappa shape index (κ3) is 4.83. The monoisotopic (exact) mass is 480 g/mol. The average molecular weight is 481 g/mol. The second-order valence-corrected chi connectivity index (χ2v) is 9.50. The molecule has 0 amide bonds. The van der Waals surface area contributed by atoms with Gasteiger partial charge in [-0.05, 0) is 47.7 Å². The first kappa shape index (κ1) is 23.5. The van der Waals surface area contributed by atoms with Crippen LogP contribution in [0.15, 0.2) is 42.6 Å². The smallest absolute Gasteiger partial charge is 0.379 e. The minimum Gasteiger partial charge on any atom is -0.379 e. The van der Waals surface area contributed by atoms with Crippen LogP contribution >= 0.6 is 0 Å². The van der Waals surface area contributed by atoms with Gasteiger partial charge in [0.15, 0.2) is 5.75 Å². The maximum absolute atomic E-state index is 12.9. The summed E-state index contributed by atoms with van der Waals surface area (Å²) in [5.74, 6) is -0.403. The summed E-state index contributed by atoms with van der Waals surface area (Å²) in [6.45, 7) is 7.59. The van der Waals surface area contributed by atoms with Crippen LogP contribution in [0.3, 0.4) is 0 Å². The lowest BCUT2D eigenvalue weighted by Crippen LogP contribution is -2.35. The Bertz CT molecular complexity index is 1270. The van der Waals surface area contributed by atoms with Gasteiger partial charge in [0.05, 0.1) is 18.7 Å². The summed E-state index contributed by atoms with van der Waals surface area (Å²) in [5.41, 5.74) is -0.920. The topological polar surface area (TPSA) is 68.7 Å². The molecule has 33 heavy (non-hydrogen) atoms. The van der Waals surface area contributed by atoms with E-state index in [0.29, 0.717) is 11.1 Å². The number of hydrogen-bond acceptors (Lipinski definition) is 6. The lowest BCUT2D eigenvalue weighted by Gasteiger charge is -2.26. The fraction of sp³-hybridized carbons (Fsp3) is 0.348. The maximum atomic E-state index is 12.9. The third-order valence-electron chi connectivity index (χ3n) is 5.68. The number of fused-ring (bicyclic) bond motifs is 1. The SMILES string of the molecule is Cc1cc2nccc(OS(=O)(=O)C(F)(F)F)c2c(C)c1-c1ccc(CN2CCOCC2)cc1. The summed E-state index contributed by atoms with van der Waals surface area (Å²) >= 11 is 0. The van der Waals surface area contributed by atoms with Crippen LogP contribution in [0.5, 0.6) is 5.75 Å². The molecule has 0 N–H and O–H groups in total. The lowest BCUT2D eigenvalue weighted by molar-refractivity contribution is -0.0499. The number of hydrogen-bond donors (Lipinski definition) is 0. The largest absolute Gasteiger partial charge is 0.534 e. The highest BCUT2D eigenvalue weighted by atomic mass is 32.2. The molecular weight excluding hydrogens is 457 g/mol. The van der Waals surface area contributed by atoms with Gasteiger partial charge >= 0.3 is 15.6 Å². The normalized spacial score (nSPS) is 15.7. The van der Waals surface area contributed by atoms with E-state index in [0.717, 1.165) is 61.2 Å². The summed E-state index contributed by atoms with van der Waals surface area (Å²) in [6, 6.07) is 10.8. The Labute approximate surface area is 190 Å². The molecule has 0 saturated carbocycles. The van der Waals surface area contributed by atoms with E-state index < -0.39 is 21.4 Å². The number of pyridine rings is 1. The van der Waals surface area contributed by atoms with Gasteiger partial charge in [0.2, 0.25) is 0 Å². The predicted molar refractivity (Wildman–Crippen MR) is 118 cm³/mol. The van der Waals surface area contributed by atoms with Crippen molar-refractivity contribution in [1.82, 2.24) is 9.88 Å². The van der Waals surface area contributed by atoms with Crippen molar-refractivity contribution in [3.05, 3.63) is 59.3 Å². The first-order valence-corrected chi connectivity index (χ1v) is 11.8. The molecule has 2 aromatic carbocycles. The second kappa shape index (κ2) is 8.92. The van der Waals surface area contributed by atoms with Crippen LogP contribution in [0, 0.1) is 13.8 Å². The fourth-order valence-electron chi connectivity index (χ4n) is 4.12. The van der Waals surface area contributed by atoms with E-state index in [1.807, 2.05) is 31.2 Å². The molecule has 2 heterocycles. The fourth-order valence-corrected chi connectivity index (χ4v) is 4.59. The van der Waals surface area contributed by atoms with Crippen molar-refractivity contribution >= 4 is 21.0 Å². The highest BCUT2D eigenvalue weighted by Crippen LogP contribution is 2.38. The van der Waals surface area contributed by atoms with Gasteiger partial charge in [-0.3, -0.25) is 9.88 Å². The Kier molecular flexibility index (Phi) is 6.35. The van der Waals surface area contributed by atoms with Crippen molar-refractivity contribution in [3.63, 3.8) is 0 Å². The number of nitrogens with zero attached hydrogens (tertiary/aromatic N) is 2. The zero-order valence-corrected chi connectivity index (χ0v) is 19.0. The Balaban J connectivity index is 1.72. The van der Waals surface area contributed by atoms with Crippen molar-refractivity contribution < 1.29 is 30.5 Å². The Morgan fingerprint density at radius 2 is 1.76 bits per heavy atom. The molecule has 0 atom stereocenters. The minimum absolute atomic E-state index is 0.225. The van der Waals surface area contributed by atoms with Gasteiger partial charge in [0, 0.05) is 37.3 Å². The second-order valence-electron chi connectivity index (χ2n) is 7.97. The quantitative estimate of drug-likeness (QED) is 0.393. The molecule has 1 aromatic heterocycles. The Hall–Kier alpha value is -2.69. The molecule has 6 nitrogen and oxygen atoms in total. The van der Waals surface area contributed by atoms with Gasteiger partial charge in [-0.2, -0.15) is 21.6 Å².